The Bertz CT molecular complexity index is 509. The van der Waals surface area contributed by atoms with Crippen molar-refractivity contribution in [3.63, 3.8) is 0 Å². The second-order valence-corrected chi connectivity index (χ2v) is 8.55. The van der Waals surface area contributed by atoms with Crippen LogP contribution in [0.3, 0.4) is 0 Å². The quantitative estimate of drug-likeness (QED) is 0.671. The maximum Gasteiger partial charge on any atom is -0.0107 e. The van der Waals surface area contributed by atoms with Crippen molar-refractivity contribution in [3.8, 4) is 11.1 Å². The Morgan fingerprint density at radius 1 is 0.778 bits per heavy atom. The van der Waals surface area contributed by atoms with Crippen LogP contribution >= 0.6 is 7.92 Å². The summed E-state index contributed by atoms with van der Waals surface area (Å²) < 4.78 is 0. The minimum absolute atomic E-state index is 0.161. The molecule has 2 rings (SSSR count). The van der Waals surface area contributed by atoms with Crippen LogP contribution < -0.4 is 5.30 Å². The third-order valence-electron chi connectivity index (χ3n) is 3.36. The van der Waals surface area contributed by atoms with E-state index in [9.17, 15) is 0 Å². The van der Waals surface area contributed by atoms with Crippen LogP contribution in [-0.4, -0.2) is 11.8 Å². The lowest BCUT2D eigenvalue weighted by Crippen LogP contribution is -2.19. The molecule has 0 spiro atoms. The average molecular weight is 256 g/mol. The van der Waals surface area contributed by atoms with Crippen LogP contribution in [0.25, 0.3) is 11.1 Å². The molecular weight excluding hydrogens is 235 g/mol. The van der Waals surface area contributed by atoms with Crippen LogP contribution in [0, 0.1) is 0 Å². The molecule has 0 nitrogen and oxygen atoms in total. The molecule has 1 atom stereocenters. The van der Waals surface area contributed by atoms with Crippen LogP contribution in [0.5, 0.6) is 0 Å². The molecule has 0 radical (unpaired) electrons. The predicted molar refractivity (Wildman–Crippen MR) is 84.1 cm³/mol. The van der Waals surface area contributed by atoms with E-state index >= 15 is 0 Å². The lowest BCUT2D eigenvalue weighted by Gasteiger charge is -2.30. The van der Waals surface area contributed by atoms with Gasteiger partial charge in [-0.25, -0.2) is 0 Å². The summed E-state index contributed by atoms with van der Waals surface area (Å²) in [5.41, 5.74) is 2.72. The first kappa shape index (κ1) is 13.3. The molecule has 0 aliphatic carbocycles. The van der Waals surface area contributed by atoms with Gasteiger partial charge in [0.15, 0.2) is 0 Å². The second kappa shape index (κ2) is 5.24. The summed E-state index contributed by atoms with van der Waals surface area (Å²) in [7, 11) is -0.161. The van der Waals surface area contributed by atoms with Gasteiger partial charge in [-0.15, -0.1) is 0 Å². The molecule has 0 aliphatic rings. The molecule has 94 valence electrons. The standard InChI is InChI=1S/C17H21P/c1-17(2,3)18(4)16-13-9-8-12-15(16)14-10-6-5-7-11-14/h5-13H,1-4H3/t18-/m0/s1. The van der Waals surface area contributed by atoms with E-state index in [1.54, 1.807) is 0 Å². The highest BCUT2D eigenvalue weighted by molar-refractivity contribution is 7.66. The van der Waals surface area contributed by atoms with Crippen LogP contribution in [0.2, 0.25) is 0 Å². The summed E-state index contributed by atoms with van der Waals surface area (Å²) in [6.45, 7) is 9.39. The van der Waals surface area contributed by atoms with Crippen molar-refractivity contribution >= 4 is 13.2 Å². The molecule has 2 aromatic rings. The van der Waals surface area contributed by atoms with Gasteiger partial charge in [0.1, 0.15) is 0 Å². The van der Waals surface area contributed by atoms with Crippen LogP contribution in [-0.2, 0) is 0 Å². The van der Waals surface area contributed by atoms with Crippen LogP contribution in [0.1, 0.15) is 20.8 Å². The Balaban J connectivity index is 2.51. The van der Waals surface area contributed by atoms with Crippen molar-refractivity contribution in [2.24, 2.45) is 0 Å². The van der Waals surface area contributed by atoms with Crippen LogP contribution in [0.15, 0.2) is 54.6 Å². The monoisotopic (exact) mass is 256 g/mol. The van der Waals surface area contributed by atoms with E-state index in [1.807, 2.05) is 0 Å². The van der Waals surface area contributed by atoms with Crippen molar-refractivity contribution in [3.05, 3.63) is 54.6 Å². The molecule has 0 saturated carbocycles. The van der Waals surface area contributed by atoms with Crippen molar-refractivity contribution in [1.82, 2.24) is 0 Å². The van der Waals surface area contributed by atoms with E-state index < -0.39 is 0 Å². The highest BCUT2D eigenvalue weighted by Crippen LogP contribution is 2.46. The summed E-state index contributed by atoms with van der Waals surface area (Å²) >= 11 is 0. The summed E-state index contributed by atoms with van der Waals surface area (Å²) in [6, 6.07) is 19.5. The third kappa shape index (κ3) is 2.82. The SMILES string of the molecule is C[P@@](c1ccccc1-c1ccccc1)C(C)(C)C. The average Bonchev–Trinajstić information content (AvgIpc) is 2.38. The van der Waals surface area contributed by atoms with E-state index in [1.165, 1.54) is 16.4 Å². The van der Waals surface area contributed by atoms with E-state index in [2.05, 4.69) is 82.0 Å². The van der Waals surface area contributed by atoms with Gasteiger partial charge in [0.25, 0.3) is 0 Å². The largest absolute Gasteiger partial charge is 0.0723 e. The molecule has 0 amide bonds. The summed E-state index contributed by atoms with van der Waals surface area (Å²) in [5.74, 6) is 0. The summed E-state index contributed by atoms with van der Waals surface area (Å²) in [5, 5.41) is 1.85. The minimum Gasteiger partial charge on any atom is -0.0723 e. The van der Waals surface area contributed by atoms with E-state index in [0.717, 1.165) is 0 Å². The fraction of sp³-hybridized carbons (Fsp3) is 0.294. The smallest absolute Gasteiger partial charge is 0.0107 e. The molecule has 0 bridgehead atoms. The maximum atomic E-state index is 2.39. The first-order valence-electron chi connectivity index (χ1n) is 6.38. The minimum atomic E-state index is -0.161. The third-order valence-corrected chi connectivity index (χ3v) is 6.48. The Morgan fingerprint density at radius 2 is 1.33 bits per heavy atom. The summed E-state index contributed by atoms with van der Waals surface area (Å²) in [6.07, 6.45) is 0. The van der Waals surface area contributed by atoms with E-state index in [4.69, 9.17) is 0 Å². The molecule has 0 aliphatic heterocycles. The second-order valence-electron chi connectivity index (χ2n) is 5.61. The number of hydrogen-bond donors (Lipinski definition) is 0. The first-order valence-corrected chi connectivity index (χ1v) is 8.17. The summed E-state index contributed by atoms with van der Waals surface area (Å²) in [4.78, 5) is 0. The van der Waals surface area contributed by atoms with Gasteiger partial charge in [-0.1, -0.05) is 83.3 Å². The molecule has 0 N–H and O–H groups in total. The first-order chi connectivity index (χ1) is 8.50. The fourth-order valence-electron chi connectivity index (χ4n) is 1.99. The lowest BCUT2D eigenvalue weighted by molar-refractivity contribution is 0.791. The highest BCUT2D eigenvalue weighted by Gasteiger charge is 2.23. The number of benzene rings is 2. The number of hydrogen-bond acceptors (Lipinski definition) is 0. The molecule has 0 heterocycles. The zero-order valence-corrected chi connectivity index (χ0v) is 12.5. The van der Waals surface area contributed by atoms with Crippen molar-refractivity contribution in [2.45, 2.75) is 25.9 Å². The Kier molecular flexibility index (Phi) is 3.88. The fourth-order valence-corrected chi connectivity index (χ4v) is 3.59. The molecular formula is C17H21P. The number of rotatable bonds is 2. The van der Waals surface area contributed by atoms with Gasteiger partial charge in [0.2, 0.25) is 0 Å². The van der Waals surface area contributed by atoms with Crippen molar-refractivity contribution < 1.29 is 0 Å². The normalized spacial score (nSPS) is 13.3. The maximum absolute atomic E-state index is 2.39. The van der Waals surface area contributed by atoms with Crippen molar-refractivity contribution in [1.29, 1.82) is 0 Å². The Morgan fingerprint density at radius 3 is 1.94 bits per heavy atom. The molecule has 1 heteroatoms. The molecule has 0 saturated heterocycles. The van der Waals surface area contributed by atoms with Gasteiger partial charge < -0.3 is 0 Å². The van der Waals surface area contributed by atoms with E-state index in [0.29, 0.717) is 5.16 Å². The van der Waals surface area contributed by atoms with Gasteiger partial charge in [0.05, 0.1) is 0 Å². The zero-order valence-electron chi connectivity index (χ0n) is 11.6. The van der Waals surface area contributed by atoms with Gasteiger partial charge >= 0.3 is 0 Å². The topological polar surface area (TPSA) is 0 Å². The molecule has 0 aromatic heterocycles. The van der Waals surface area contributed by atoms with Crippen molar-refractivity contribution in [2.75, 3.05) is 6.66 Å². The molecule has 18 heavy (non-hydrogen) atoms. The predicted octanol–water partition coefficient (Wildman–Crippen LogP) is 4.89. The van der Waals surface area contributed by atoms with Gasteiger partial charge in [-0.3, -0.25) is 0 Å². The Labute approximate surface area is 112 Å². The van der Waals surface area contributed by atoms with E-state index in [-0.39, 0.29) is 7.92 Å². The van der Waals surface area contributed by atoms with Gasteiger partial charge in [0, 0.05) is 0 Å². The highest BCUT2D eigenvalue weighted by atomic mass is 31.1. The van der Waals surface area contributed by atoms with Gasteiger partial charge in [-0.2, -0.15) is 0 Å². The Hall–Kier alpha value is -1.13. The molecule has 0 unspecified atom stereocenters. The lowest BCUT2D eigenvalue weighted by atomic mass is 10.1. The zero-order chi connectivity index (χ0) is 13.2. The van der Waals surface area contributed by atoms with Gasteiger partial charge in [-0.05, 0) is 28.3 Å². The molecule has 0 fully saturated rings. The van der Waals surface area contributed by atoms with Crippen LogP contribution in [0.4, 0.5) is 0 Å². The molecule has 2 aromatic carbocycles.